The van der Waals surface area contributed by atoms with Crippen LogP contribution in [0.15, 0.2) is 60.7 Å². The highest BCUT2D eigenvalue weighted by Crippen LogP contribution is 2.32. The van der Waals surface area contributed by atoms with Crippen LogP contribution in [-0.2, 0) is 6.61 Å². The summed E-state index contributed by atoms with van der Waals surface area (Å²) >= 11 is 12.2. The molecular weight excluding hydrogens is 451 g/mol. The summed E-state index contributed by atoms with van der Waals surface area (Å²) < 4.78 is 11.6. The predicted octanol–water partition coefficient (Wildman–Crippen LogP) is 6.94. The maximum Gasteiger partial charge on any atom is 0.269 e. The summed E-state index contributed by atoms with van der Waals surface area (Å²) in [6.45, 7) is 2.50. The van der Waals surface area contributed by atoms with Crippen LogP contribution in [0.4, 0.5) is 5.69 Å². The lowest BCUT2D eigenvalue weighted by Gasteiger charge is -2.13. The Morgan fingerprint density at radius 2 is 1.81 bits per heavy atom. The number of hydrogen-bond donors (Lipinski definition) is 0. The summed E-state index contributed by atoms with van der Waals surface area (Å²) in [5, 5.41) is 21.3. The lowest BCUT2D eigenvalue weighted by atomic mass is 10.0. The first kappa shape index (κ1) is 23.1. The molecule has 0 aromatic heterocycles. The van der Waals surface area contributed by atoms with Crippen molar-refractivity contribution in [2.24, 2.45) is 0 Å². The van der Waals surface area contributed by atoms with Gasteiger partial charge in [0.15, 0.2) is 11.5 Å². The largest absolute Gasteiger partial charge is 0.490 e. The van der Waals surface area contributed by atoms with Gasteiger partial charge in [0, 0.05) is 22.7 Å². The van der Waals surface area contributed by atoms with Gasteiger partial charge in [-0.05, 0) is 60.5 Å². The standard InChI is InChI=1S/C24H18Cl2N2O4/c1-2-31-24-12-17(11-18(14-27)21-9-6-19(25)13-22(21)26)5-10-23(24)32-15-16-3-7-20(8-4-16)28(29)30/h3-13H,2,15H2,1H3/b18-11+. The smallest absolute Gasteiger partial charge is 0.269 e. The Labute approximate surface area is 195 Å². The van der Waals surface area contributed by atoms with Gasteiger partial charge >= 0.3 is 0 Å². The molecule has 6 nitrogen and oxygen atoms in total. The molecule has 0 radical (unpaired) electrons. The number of nitrogens with zero attached hydrogens (tertiary/aromatic N) is 2. The topological polar surface area (TPSA) is 85.4 Å². The first-order valence-corrected chi connectivity index (χ1v) is 10.4. The summed E-state index contributed by atoms with van der Waals surface area (Å²) in [4.78, 5) is 10.3. The van der Waals surface area contributed by atoms with Gasteiger partial charge in [-0.1, -0.05) is 35.3 Å². The Kier molecular flexibility index (Phi) is 7.72. The summed E-state index contributed by atoms with van der Waals surface area (Å²) in [6.07, 6.45) is 1.71. The van der Waals surface area contributed by atoms with Gasteiger partial charge in [-0.25, -0.2) is 0 Å². The van der Waals surface area contributed by atoms with Crippen molar-refractivity contribution in [3.05, 3.63) is 97.5 Å². The number of rotatable bonds is 8. The molecule has 0 aliphatic rings. The van der Waals surface area contributed by atoms with Crippen LogP contribution in [0.25, 0.3) is 11.6 Å². The molecule has 3 aromatic carbocycles. The zero-order valence-corrected chi connectivity index (χ0v) is 18.6. The Morgan fingerprint density at radius 3 is 2.44 bits per heavy atom. The van der Waals surface area contributed by atoms with Gasteiger partial charge < -0.3 is 9.47 Å². The number of hydrogen-bond acceptors (Lipinski definition) is 5. The molecule has 0 N–H and O–H groups in total. The highest BCUT2D eigenvalue weighted by Gasteiger charge is 2.11. The molecule has 0 atom stereocenters. The van der Waals surface area contributed by atoms with Crippen molar-refractivity contribution in [1.82, 2.24) is 0 Å². The second-order valence-electron chi connectivity index (χ2n) is 6.65. The van der Waals surface area contributed by atoms with E-state index in [9.17, 15) is 15.4 Å². The monoisotopic (exact) mass is 468 g/mol. The molecule has 0 unspecified atom stereocenters. The van der Waals surface area contributed by atoms with Gasteiger partial charge in [0.05, 0.1) is 28.2 Å². The van der Waals surface area contributed by atoms with Crippen LogP contribution < -0.4 is 9.47 Å². The molecule has 0 saturated heterocycles. The van der Waals surface area contributed by atoms with Crippen molar-refractivity contribution < 1.29 is 14.4 Å². The van der Waals surface area contributed by atoms with E-state index in [1.54, 1.807) is 54.6 Å². The van der Waals surface area contributed by atoms with Crippen LogP contribution in [0, 0.1) is 21.4 Å². The van der Waals surface area contributed by atoms with Crippen LogP contribution in [0.1, 0.15) is 23.6 Å². The summed E-state index contributed by atoms with van der Waals surface area (Å²) in [7, 11) is 0. The number of nitriles is 1. The van der Waals surface area contributed by atoms with Crippen molar-refractivity contribution >= 4 is 40.5 Å². The van der Waals surface area contributed by atoms with Crippen LogP contribution in [0.3, 0.4) is 0 Å². The van der Waals surface area contributed by atoms with E-state index in [1.165, 1.54) is 12.1 Å². The van der Waals surface area contributed by atoms with Gasteiger partial charge in [0.2, 0.25) is 0 Å². The van der Waals surface area contributed by atoms with E-state index in [0.717, 1.165) is 11.1 Å². The third kappa shape index (κ3) is 5.79. The van der Waals surface area contributed by atoms with Crippen molar-refractivity contribution in [2.45, 2.75) is 13.5 Å². The highest BCUT2D eigenvalue weighted by atomic mass is 35.5. The van der Waals surface area contributed by atoms with Gasteiger partial charge in [-0.2, -0.15) is 5.26 Å². The molecule has 3 rings (SSSR count). The zero-order valence-electron chi connectivity index (χ0n) is 17.0. The molecule has 32 heavy (non-hydrogen) atoms. The van der Waals surface area contributed by atoms with Gasteiger partial charge in [0.1, 0.15) is 6.61 Å². The van der Waals surface area contributed by atoms with Crippen molar-refractivity contribution in [1.29, 1.82) is 5.26 Å². The predicted molar refractivity (Wildman–Crippen MR) is 125 cm³/mol. The number of benzene rings is 3. The molecule has 0 saturated carbocycles. The summed E-state index contributed by atoms with van der Waals surface area (Å²) in [5.41, 5.74) is 2.50. The van der Waals surface area contributed by atoms with Gasteiger partial charge in [-0.15, -0.1) is 0 Å². The van der Waals surface area contributed by atoms with E-state index in [-0.39, 0.29) is 12.3 Å². The number of non-ortho nitro benzene ring substituents is 1. The van der Waals surface area contributed by atoms with Crippen molar-refractivity contribution in [3.8, 4) is 17.6 Å². The van der Waals surface area contributed by atoms with E-state index in [2.05, 4.69) is 6.07 Å². The van der Waals surface area contributed by atoms with Crippen LogP contribution in [0.2, 0.25) is 10.0 Å². The minimum atomic E-state index is -0.448. The van der Waals surface area contributed by atoms with E-state index in [0.29, 0.717) is 39.3 Å². The molecule has 162 valence electrons. The molecule has 0 amide bonds. The number of nitro groups is 1. The first-order chi connectivity index (χ1) is 15.4. The van der Waals surface area contributed by atoms with Crippen molar-refractivity contribution in [3.63, 3.8) is 0 Å². The zero-order chi connectivity index (χ0) is 23.1. The van der Waals surface area contributed by atoms with Crippen LogP contribution >= 0.6 is 23.2 Å². The average Bonchev–Trinajstić information content (AvgIpc) is 2.78. The Morgan fingerprint density at radius 1 is 1.06 bits per heavy atom. The molecule has 0 heterocycles. The number of halogens is 2. The van der Waals surface area contributed by atoms with E-state index >= 15 is 0 Å². The molecule has 0 spiro atoms. The maximum atomic E-state index is 10.8. The number of nitro benzene ring substituents is 1. The Balaban J connectivity index is 1.84. The fourth-order valence-electron chi connectivity index (χ4n) is 2.92. The first-order valence-electron chi connectivity index (χ1n) is 9.61. The lowest BCUT2D eigenvalue weighted by Crippen LogP contribution is -2.00. The number of allylic oxidation sites excluding steroid dienone is 1. The molecule has 3 aromatic rings. The second-order valence-corrected chi connectivity index (χ2v) is 7.49. The number of ether oxygens (including phenoxy) is 2. The molecular formula is C24H18Cl2N2O4. The second kappa shape index (κ2) is 10.7. The van der Waals surface area contributed by atoms with E-state index < -0.39 is 4.92 Å². The Bertz CT molecular complexity index is 1200. The van der Waals surface area contributed by atoms with Crippen LogP contribution in [0.5, 0.6) is 11.5 Å². The van der Waals surface area contributed by atoms with Gasteiger partial charge in [-0.3, -0.25) is 10.1 Å². The molecule has 0 bridgehead atoms. The minimum Gasteiger partial charge on any atom is -0.490 e. The third-order valence-corrected chi connectivity index (χ3v) is 5.01. The van der Waals surface area contributed by atoms with Gasteiger partial charge in [0.25, 0.3) is 5.69 Å². The third-order valence-electron chi connectivity index (χ3n) is 4.46. The van der Waals surface area contributed by atoms with E-state index in [4.69, 9.17) is 32.7 Å². The lowest BCUT2D eigenvalue weighted by molar-refractivity contribution is -0.384. The highest BCUT2D eigenvalue weighted by molar-refractivity contribution is 6.36. The SMILES string of the molecule is CCOc1cc(/C=C(\C#N)c2ccc(Cl)cc2Cl)ccc1OCc1ccc([N+](=O)[O-])cc1. The fourth-order valence-corrected chi connectivity index (χ4v) is 3.43. The molecule has 0 fully saturated rings. The molecule has 0 aliphatic carbocycles. The Hall–Kier alpha value is -3.53. The average molecular weight is 469 g/mol. The van der Waals surface area contributed by atoms with Crippen molar-refractivity contribution in [2.75, 3.05) is 6.61 Å². The molecule has 0 aliphatic heterocycles. The fraction of sp³-hybridized carbons (Fsp3) is 0.125. The quantitative estimate of drug-likeness (QED) is 0.154. The molecule has 8 heteroatoms. The normalized spacial score (nSPS) is 11.0. The minimum absolute atomic E-state index is 0.0222. The summed E-state index contributed by atoms with van der Waals surface area (Å²) in [5.74, 6) is 1.04. The maximum absolute atomic E-state index is 10.8. The summed E-state index contributed by atoms with van der Waals surface area (Å²) in [6, 6.07) is 18.6. The van der Waals surface area contributed by atoms with Crippen LogP contribution in [-0.4, -0.2) is 11.5 Å². The van der Waals surface area contributed by atoms with E-state index in [1.807, 2.05) is 6.92 Å².